The molecular weight excluding hydrogens is 216 g/mol. The normalized spacial score (nSPS) is 10.5. The fourth-order valence-corrected chi connectivity index (χ4v) is 1.89. The summed E-state index contributed by atoms with van der Waals surface area (Å²) in [6, 6.07) is 7.45. The predicted molar refractivity (Wildman–Crippen MR) is 67.1 cm³/mol. The summed E-state index contributed by atoms with van der Waals surface area (Å²) in [7, 11) is 1.60. The number of H-pyrrole nitrogens is 1. The van der Waals surface area contributed by atoms with Crippen LogP contribution in [0.2, 0.25) is 0 Å². The van der Waals surface area contributed by atoms with Crippen LogP contribution in [-0.2, 0) is 6.42 Å². The van der Waals surface area contributed by atoms with E-state index in [-0.39, 0.29) is 5.56 Å². The highest BCUT2D eigenvalue weighted by molar-refractivity contribution is 5.46. The van der Waals surface area contributed by atoms with Crippen molar-refractivity contribution >= 4 is 0 Å². The molecular formula is C13H16N2O2. The number of benzene rings is 1. The van der Waals surface area contributed by atoms with Crippen molar-refractivity contribution in [2.45, 2.75) is 20.3 Å². The Balaban J connectivity index is 2.65. The topological polar surface area (TPSA) is 47.0 Å². The lowest BCUT2D eigenvalue weighted by atomic mass is 10.2. The van der Waals surface area contributed by atoms with E-state index in [9.17, 15) is 4.79 Å². The first-order chi connectivity index (χ1) is 8.19. The van der Waals surface area contributed by atoms with Crippen molar-refractivity contribution in [3.8, 4) is 11.4 Å². The Bertz CT molecular complexity index is 581. The lowest BCUT2D eigenvalue weighted by molar-refractivity contribution is 0.411. The third-order valence-electron chi connectivity index (χ3n) is 2.90. The van der Waals surface area contributed by atoms with Crippen molar-refractivity contribution in [3.63, 3.8) is 0 Å². The second kappa shape index (κ2) is 4.49. The third-order valence-corrected chi connectivity index (χ3v) is 2.90. The number of aryl methyl sites for hydroxylation is 1. The van der Waals surface area contributed by atoms with Gasteiger partial charge in [-0.15, -0.1) is 0 Å². The molecule has 0 amide bonds. The third kappa shape index (κ3) is 1.86. The van der Waals surface area contributed by atoms with Gasteiger partial charge in [-0.1, -0.05) is 19.1 Å². The van der Waals surface area contributed by atoms with E-state index in [0.717, 1.165) is 23.4 Å². The molecule has 0 atom stereocenters. The molecule has 1 aromatic carbocycles. The summed E-state index contributed by atoms with van der Waals surface area (Å²) in [4.78, 5) is 12.1. The van der Waals surface area contributed by atoms with Crippen LogP contribution in [0, 0.1) is 6.92 Å². The lowest BCUT2D eigenvalue weighted by Crippen LogP contribution is -2.16. The van der Waals surface area contributed by atoms with Crippen molar-refractivity contribution < 1.29 is 4.74 Å². The number of hydrogen-bond acceptors (Lipinski definition) is 2. The van der Waals surface area contributed by atoms with Crippen molar-refractivity contribution in [2.75, 3.05) is 7.11 Å². The molecule has 4 heteroatoms. The molecule has 0 unspecified atom stereocenters. The summed E-state index contributed by atoms with van der Waals surface area (Å²) >= 11 is 0. The summed E-state index contributed by atoms with van der Waals surface area (Å²) in [5, 5.41) is 3.11. The molecule has 1 aromatic heterocycles. The highest BCUT2D eigenvalue weighted by Crippen LogP contribution is 2.20. The Morgan fingerprint density at radius 1 is 1.35 bits per heavy atom. The Morgan fingerprint density at radius 2 is 2.06 bits per heavy atom. The molecule has 0 aliphatic rings. The van der Waals surface area contributed by atoms with Crippen LogP contribution in [0.1, 0.15) is 18.2 Å². The van der Waals surface area contributed by atoms with Crippen molar-refractivity contribution in [2.24, 2.45) is 0 Å². The smallest absolute Gasteiger partial charge is 0.274 e. The molecule has 0 saturated heterocycles. The highest BCUT2D eigenvalue weighted by atomic mass is 16.5. The highest BCUT2D eigenvalue weighted by Gasteiger charge is 2.12. The molecule has 2 aromatic rings. The van der Waals surface area contributed by atoms with E-state index in [2.05, 4.69) is 5.10 Å². The zero-order chi connectivity index (χ0) is 12.4. The van der Waals surface area contributed by atoms with Crippen LogP contribution in [0.25, 0.3) is 5.69 Å². The van der Waals surface area contributed by atoms with Gasteiger partial charge < -0.3 is 4.74 Å². The minimum Gasteiger partial charge on any atom is -0.494 e. The van der Waals surface area contributed by atoms with Crippen molar-refractivity contribution in [1.29, 1.82) is 0 Å². The molecule has 0 aliphatic heterocycles. The Kier molecular flexibility index (Phi) is 3.04. The number of rotatable bonds is 3. The number of methoxy groups -OCH3 is 1. The monoisotopic (exact) mass is 232 g/mol. The van der Waals surface area contributed by atoms with Crippen LogP contribution in [0.5, 0.6) is 5.75 Å². The number of ether oxygens (including phenoxy) is 1. The summed E-state index contributed by atoms with van der Waals surface area (Å²) < 4.78 is 6.79. The average molecular weight is 232 g/mol. The van der Waals surface area contributed by atoms with Crippen molar-refractivity contribution in [3.05, 3.63) is 45.9 Å². The second-order valence-corrected chi connectivity index (χ2v) is 3.88. The molecule has 90 valence electrons. The minimum atomic E-state index is -0.0219. The van der Waals surface area contributed by atoms with Crippen LogP contribution in [0.3, 0.4) is 0 Å². The molecule has 0 aliphatic carbocycles. The van der Waals surface area contributed by atoms with Gasteiger partial charge in [0, 0.05) is 11.3 Å². The summed E-state index contributed by atoms with van der Waals surface area (Å²) in [6.07, 6.45) is 0.809. The lowest BCUT2D eigenvalue weighted by Gasteiger charge is -2.07. The SMILES string of the molecule is CCc1[nH]n(-c2ccccc2OC)c(=O)c1C. The largest absolute Gasteiger partial charge is 0.494 e. The molecule has 0 bridgehead atoms. The Labute approximate surface area is 99.8 Å². The van der Waals surface area contributed by atoms with E-state index in [1.165, 1.54) is 4.68 Å². The molecule has 0 saturated carbocycles. The van der Waals surface area contributed by atoms with Crippen LogP contribution < -0.4 is 10.3 Å². The predicted octanol–water partition coefficient (Wildman–Crippen LogP) is 2.05. The quantitative estimate of drug-likeness (QED) is 0.880. The number of nitrogens with one attached hydrogen (secondary N) is 1. The second-order valence-electron chi connectivity index (χ2n) is 3.88. The first-order valence-electron chi connectivity index (χ1n) is 5.63. The first kappa shape index (κ1) is 11.5. The molecule has 0 spiro atoms. The van der Waals surface area contributed by atoms with E-state index < -0.39 is 0 Å². The van der Waals surface area contributed by atoms with E-state index in [1.54, 1.807) is 7.11 Å². The van der Waals surface area contributed by atoms with Crippen LogP contribution in [-0.4, -0.2) is 16.9 Å². The fraction of sp³-hybridized carbons (Fsp3) is 0.308. The zero-order valence-corrected chi connectivity index (χ0v) is 10.3. The van der Waals surface area contributed by atoms with Gasteiger partial charge in [-0.2, -0.15) is 0 Å². The van der Waals surface area contributed by atoms with E-state index >= 15 is 0 Å². The van der Waals surface area contributed by atoms with Gasteiger partial charge in [-0.05, 0) is 25.5 Å². The Hall–Kier alpha value is -1.97. The standard InChI is InChI=1S/C13H16N2O2/c1-4-10-9(2)13(16)15(14-10)11-7-5-6-8-12(11)17-3/h5-8,14H,4H2,1-3H3. The van der Waals surface area contributed by atoms with Crippen molar-refractivity contribution in [1.82, 2.24) is 9.78 Å². The van der Waals surface area contributed by atoms with Gasteiger partial charge in [0.25, 0.3) is 5.56 Å². The van der Waals surface area contributed by atoms with Gasteiger partial charge in [0.1, 0.15) is 11.4 Å². The summed E-state index contributed by atoms with van der Waals surface area (Å²) in [6.45, 7) is 3.86. The average Bonchev–Trinajstić information content (AvgIpc) is 2.66. The maximum Gasteiger partial charge on any atom is 0.274 e. The van der Waals surface area contributed by atoms with E-state index in [0.29, 0.717) is 5.75 Å². The summed E-state index contributed by atoms with van der Waals surface area (Å²) in [5.41, 5.74) is 2.44. The molecule has 17 heavy (non-hydrogen) atoms. The molecule has 4 nitrogen and oxygen atoms in total. The van der Waals surface area contributed by atoms with Gasteiger partial charge in [0.05, 0.1) is 7.11 Å². The van der Waals surface area contributed by atoms with Crippen LogP contribution in [0.15, 0.2) is 29.1 Å². The van der Waals surface area contributed by atoms with Gasteiger partial charge >= 0.3 is 0 Å². The maximum absolute atomic E-state index is 12.1. The molecule has 1 heterocycles. The fourth-order valence-electron chi connectivity index (χ4n) is 1.89. The number of aromatic amines is 1. The first-order valence-corrected chi connectivity index (χ1v) is 5.63. The van der Waals surface area contributed by atoms with E-state index in [1.807, 2.05) is 38.1 Å². The molecule has 0 fully saturated rings. The van der Waals surface area contributed by atoms with Gasteiger partial charge in [-0.3, -0.25) is 9.89 Å². The van der Waals surface area contributed by atoms with Crippen LogP contribution in [0.4, 0.5) is 0 Å². The summed E-state index contributed by atoms with van der Waals surface area (Å²) in [5.74, 6) is 0.679. The van der Waals surface area contributed by atoms with Gasteiger partial charge in [0.2, 0.25) is 0 Å². The van der Waals surface area contributed by atoms with E-state index in [4.69, 9.17) is 4.74 Å². The van der Waals surface area contributed by atoms with Gasteiger partial charge in [0.15, 0.2) is 0 Å². The number of nitrogens with zero attached hydrogens (tertiary/aromatic N) is 1. The van der Waals surface area contributed by atoms with Gasteiger partial charge in [-0.25, -0.2) is 4.68 Å². The molecule has 0 radical (unpaired) electrons. The Morgan fingerprint density at radius 3 is 2.65 bits per heavy atom. The number of hydrogen-bond donors (Lipinski definition) is 1. The minimum absolute atomic E-state index is 0.0219. The number of aromatic nitrogens is 2. The molecule has 2 rings (SSSR count). The number of para-hydroxylation sites is 2. The zero-order valence-electron chi connectivity index (χ0n) is 10.3. The van der Waals surface area contributed by atoms with Crippen LogP contribution >= 0.6 is 0 Å². The molecule has 1 N–H and O–H groups in total. The maximum atomic E-state index is 12.1.